The lowest BCUT2D eigenvalue weighted by Crippen LogP contribution is -2.44. The lowest BCUT2D eigenvalue weighted by atomic mass is 9.88. The molecule has 2 fully saturated rings. The van der Waals surface area contributed by atoms with Crippen LogP contribution in [0.15, 0.2) is 0 Å². The monoisotopic (exact) mass is 287 g/mol. The van der Waals surface area contributed by atoms with Crippen molar-refractivity contribution < 1.29 is 4.79 Å². The molecular weight excluding hydrogens is 266 g/mol. The second kappa shape index (κ2) is 5.07. The summed E-state index contributed by atoms with van der Waals surface area (Å²) in [5, 5.41) is 4.07. The van der Waals surface area contributed by atoms with Crippen LogP contribution in [0.25, 0.3) is 0 Å². The number of hydrogen-bond donors (Lipinski definition) is 1. The Bertz CT molecular complexity index is 267. The predicted octanol–water partition coefficient (Wildman–Crippen LogP) is 2.96. The average Bonchev–Trinajstić information content (AvgIpc) is 2.86. The molecule has 4 atom stereocenters. The van der Waals surface area contributed by atoms with Gasteiger partial charge in [0.15, 0.2) is 0 Å². The molecule has 0 aromatic carbocycles. The number of alkyl halides is 1. The molecule has 2 bridgehead atoms. The summed E-state index contributed by atoms with van der Waals surface area (Å²) in [5.41, 5.74) is 0. The van der Waals surface area contributed by atoms with E-state index in [0.717, 1.165) is 17.7 Å². The van der Waals surface area contributed by atoms with Crippen LogP contribution in [0.4, 0.5) is 0 Å². The van der Waals surface area contributed by atoms with Gasteiger partial charge in [-0.05, 0) is 37.0 Å². The summed E-state index contributed by atoms with van der Waals surface area (Å²) in [7, 11) is 0. The molecule has 0 heterocycles. The molecule has 0 aromatic rings. The van der Waals surface area contributed by atoms with E-state index in [2.05, 4.69) is 35.1 Å². The van der Waals surface area contributed by atoms with Crippen LogP contribution in [0, 0.1) is 23.7 Å². The zero-order valence-corrected chi connectivity index (χ0v) is 11.8. The Morgan fingerprint density at radius 1 is 1.38 bits per heavy atom. The number of rotatable bonds is 4. The van der Waals surface area contributed by atoms with Crippen LogP contribution in [-0.2, 0) is 4.79 Å². The molecule has 0 aromatic heterocycles. The van der Waals surface area contributed by atoms with Crippen molar-refractivity contribution in [1.29, 1.82) is 0 Å². The van der Waals surface area contributed by atoms with Crippen molar-refractivity contribution in [2.45, 2.75) is 45.6 Å². The second-order valence-electron chi connectivity index (χ2n) is 5.79. The van der Waals surface area contributed by atoms with Crippen molar-refractivity contribution in [1.82, 2.24) is 5.32 Å². The number of nitrogens with one attached hydrogen (secondary N) is 1. The summed E-state index contributed by atoms with van der Waals surface area (Å²) in [4.78, 5) is 12.2. The molecule has 0 spiro atoms. The van der Waals surface area contributed by atoms with E-state index in [-0.39, 0.29) is 6.04 Å². The van der Waals surface area contributed by atoms with Gasteiger partial charge in [-0.15, -0.1) is 0 Å². The Labute approximate surface area is 107 Å². The van der Waals surface area contributed by atoms with Crippen LogP contribution in [0.5, 0.6) is 0 Å². The summed E-state index contributed by atoms with van der Waals surface area (Å²) < 4.78 is 0. The van der Waals surface area contributed by atoms with Crippen LogP contribution >= 0.6 is 15.9 Å². The van der Waals surface area contributed by atoms with E-state index in [1.165, 1.54) is 19.3 Å². The first-order chi connectivity index (χ1) is 7.61. The molecule has 2 aliphatic carbocycles. The zero-order valence-electron chi connectivity index (χ0n) is 10.2. The van der Waals surface area contributed by atoms with Crippen molar-refractivity contribution in [3.63, 3.8) is 0 Å². The van der Waals surface area contributed by atoms with Gasteiger partial charge in [0.25, 0.3) is 0 Å². The summed E-state index contributed by atoms with van der Waals surface area (Å²) >= 11 is 3.48. The quantitative estimate of drug-likeness (QED) is 0.792. The Morgan fingerprint density at radius 2 is 2.12 bits per heavy atom. The fourth-order valence-electron chi connectivity index (χ4n) is 3.24. The van der Waals surface area contributed by atoms with Crippen molar-refractivity contribution in [2.24, 2.45) is 23.7 Å². The third-order valence-corrected chi connectivity index (χ3v) is 5.07. The molecule has 2 rings (SSSR count). The van der Waals surface area contributed by atoms with Crippen LogP contribution in [-0.4, -0.2) is 17.3 Å². The summed E-state index contributed by atoms with van der Waals surface area (Å²) in [6.45, 7) is 4.32. The molecule has 16 heavy (non-hydrogen) atoms. The first-order valence-corrected chi connectivity index (χ1v) is 7.60. The fraction of sp³-hybridized carbons (Fsp3) is 0.923. The molecular formula is C13H22BrNO. The van der Waals surface area contributed by atoms with Crippen LogP contribution in [0.1, 0.15) is 39.5 Å². The highest BCUT2D eigenvalue weighted by Gasteiger charge is 2.43. The fourth-order valence-corrected chi connectivity index (χ4v) is 4.15. The van der Waals surface area contributed by atoms with Gasteiger partial charge in [0.05, 0.1) is 0 Å². The van der Waals surface area contributed by atoms with Crippen LogP contribution < -0.4 is 5.32 Å². The molecule has 0 saturated heterocycles. The average molecular weight is 288 g/mol. The van der Waals surface area contributed by atoms with Gasteiger partial charge in [0.1, 0.15) is 0 Å². The molecule has 2 saturated carbocycles. The second-order valence-corrected chi connectivity index (χ2v) is 6.44. The van der Waals surface area contributed by atoms with E-state index < -0.39 is 0 Å². The molecule has 92 valence electrons. The highest BCUT2D eigenvalue weighted by molar-refractivity contribution is 9.09. The highest BCUT2D eigenvalue weighted by atomic mass is 79.9. The lowest BCUT2D eigenvalue weighted by Gasteiger charge is -2.26. The molecule has 2 nitrogen and oxygen atoms in total. The normalized spacial score (nSPS) is 34.4. The molecule has 0 radical (unpaired) electrons. The van der Waals surface area contributed by atoms with Crippen LogP contribution in [0.3, 0.4) is 0 Å². The molecule has 4 unspecified atom stereocenters. The molecule has 0 aliphatic heterocycles. The zero-order chi connectivity index (χ0) is 11.7. The lowest BCUT2D eigenvalue weighted by molar-refractivity contribution is -0.127. The highest BCUT2D eigenvalue weighted by Crippen LogP contribution is 2.48. The first-order valence-electron chi connectivity index (χ1n) is 6.48. The van der Waals surface area contributed by atoms with Gasteiger partial charge in [0.2, 0.25) is 5.91 Å². The Balaban J connectivity index is 1.88. The van der Waals surface area contributed by atoms with E-state index in [4.69, 9.17) is 0 Å². The smallest absolute Gasteiger partial charge is 0.223 e. The third kappa shape index (κ3) is 2.44. The number of hydrogen-bond acceptors (Lipinski definition) is 1. The third-order valence-electron chi connectivity index (χ3n) is 4.37. The molecule has 1 amide bonds. The minimum atomic E-state index is 0.284. The maximum absolute atomic E-state index is 12.2. The number of carbonyl (C=O) groups is 1. The van der Waals surface area contributed by atoms with Crippen molar-refractivity contribution in [2.75, 3.05) is 5.33 Å². The predicted molar refractivity (Wildman–Crippen MR) is 69.5 cm³/mol. The largest absolute Gasteiger partial charge is 0.352 e. The number of carbonyl (C=O) groups excluding carboxylic acids is 1. The van der Waals surface area contributed by atoms with Gasteiger partial charge in [-0.1, -0.05) is 36.2 Å². The molecule has 2 aliphatic rings. The summed E-state index contributed by atoms with van der Waals surface area (Å²) in [5.74, 6) is 2.67. The standard InChI is InChI=1S/C13H22BrNO/c1-8(2)12(7-14)15-13(16)11-6-9-3-4-10(11)5-9/h8-12H,3-7H2,1-2H3,(H,15,16). The first kappa shape index (κ1) is 12.4. The number of halogens is 1. The van der Waals surface area contributed by atoms with Gasteiger partial charge in [-0.2, -0.15) is 0 Å². The maximum Gasteiger partial charge on any atom is 0.223 e. The Morgan fingerprint density at radius 3 is 2.56 bits per heavy atom. The SMILES string of the molecule is CC(C)C(CBr)NC(=O)C1CC2CCC1C2. The van der Waals surface area contributed by atoms with E-state index >= 15 is 0 Å². The number of amides is 1. The van der Waals surface area contributed by atoms with Gasteiger partial charge < -0.3 is 5.32 Å². The minimum Gasteiger partial charge on any atom is -0.352 e. The van der Waals surface area contributed by atoms with Crippen molar-refractivity contribution in [3.05, 3.63) is 0 Å². The maximum atomic E-state index is 12.2. The molecule has 1 N–H and O–H groups in total. The van der Waals surface area contributed by atoms with Crippen LogP contribution in [0.2, 0.25) is 0 Å². The van der Waals surface area contributed by atoms with Gasteiger partial charge >= 0.3 is 0 Å². The van der Waals surface area contributed by atoms with E-state index in [1.54, 1.807) is 0 Å². The summed E-state index contributed by atoms with van der Waals surface area (Å²) in [6, 6.07) is 0.284. The van der Waals surface area contributed by atoms with Gasteiger partial charge in [-0.3, -0.25) is 4.79 Å². The topological polar surface area (TPSA) is 29.1 Å². The van der Waals surface area contributed by atoms with Crippen molar-refractivity contribution >= 4 is 21.8 Å². The minimum absolute atomic E-state index is 0.284. The Kier molecular flexibility index (Phi) is 3.93. The number of fused-ring (bicyclic) bond motifs is 2. The van der Waals surface area contributed by atoms with E-state index in [9.17, 15) is 4.79 Å². The molecule has 3 heteroatoms. The Hall–Kier alpha value is -0.0500. The van der Waals surface area contributed by atoms with E-state index in [1.807, 2.05) is 0 Å². The van der Waals surface area contributed by atoms with Crippen molar-refractivity contribution in [3.8, 4) is 0 Å². The van der Waals surface area contributed by atoms with Gasteiger partial charge in [0, 0.05) is 17.3 Å². The summed E-state index contributed by atoms with van der Waals surface area (Å²) in [6.07, 6.45) is 5.09. The van der Waals surface area contributed by atoms with Gasteiger partial charge in [-0.25, -0.2) is 0 Å². The van der Waals surface area contributed by atoms with E-state index in [0.29, 0.717) is 23.7 Å².